The predicted molar refractivity (Wildman–Crippen MR) is 67.2 cm³/mol. The van der Waals surface area contributed by atoms with Crippen LogP contribution in [0.25, 0.3) is 11.0 Å². The van der Waals surface area contributed by atoms with Crippen molar-refractivity contribution < 1.29 is 9.53 Å². The number of rotatable bonds is 2. The standard InChI is InChI=1S/C10H9BrClN3O2/c1-3-17-10(16)5-4-13-9-6(7(5)12)8(11)14-15(9)2/h4H,3H2,1-2H3. The summed E-state index contributed by atoms with van der Waals surface area (Å²) in [7, 11) is 1.75. The molecule has 0 N–H and O–H groups in total. The van der Waals surface area contributed by atoms with Gasteiger partial charge in [-0.15, -0.1) is 0 Å². The summed E-state index contributed by atoms with van der Waals surface area (Å²) in [6, 6.07) is 0. The zero-order chi connectivity index (χ0) is 12.6. The Labute approximate surface area is 111 Å². The maximum Gasteiger partial charge on any atom is 0.341 e. The molecule has 0 atom stereocenters. The molecule has 7 heteroatoms. The molecule has 5 nitrogen and oxygen atoms in total. The second kappa shape index (κ2) is 4.62. The summed E-state index contributed by atoms with van der Waals surface area (Å²) in [5.74, 6) is -0.484. The summed E-state index contributed by atoms with van der Waals surface area (Å²) in [6.45, 7) is 2.03. The molecule has 0 saturated carbocycles. The number of esters is 1. The first kappa shape index (κ1) is 12.3. The second-order valence-electron chi connectivity index (χ2n) is 3.32. The first-order chi connectivity index (χ1) is 8.06. The topological polar surface area (TPSA) is 57.0 Å². The van der Waals surface area contributed by atoms with E-state index in [9.17, 15) is 4.79 Å². The maximum atomic E-state index is 11.6. The maximum absolute atomic E-state index is 11.6. The van der Waals surface area contributed by atoms with E-state index in [4.69, 9.17) is 16.3 Å². The summed E-state index contributed by atoms with van der Waals surface area (Å²) < 4.78 is 7.04. The van der Waals surface area contributed by atoms with E-state index < -0.39 is 5.97 Å². The number of fused-ring (bicyclic) bond motifs is 1. The van der Waals surface area contributed by atoms with Gasteiger partial charge in [-0.3, -0.25) is 0 Å². The molecular formula is C10H9BrClN3O2. The smallest absolute Gasteiger partial charge is 0.341 e. The molecule has 0 aliphatic heterocycles. The van der Waals surface area contributed by atoms with Gasteiger partial charge in [0, 0.05) is 13.2 Å². The Balaban J connectivity index is 2.65. The van der Waals surface area contributed by atoms with Crippen molar-refractivity contribution in [1.82, 2.24) is 14.8 Å². The SMILES string of the molecule is CCOC(=O)c1cnc2c(c(Br)nn2C)c1Cl. The molecule has 2 rings (SSSR count). The molecule has 2 heterocycles. The lowest BCUT2D eigenvalue weighted by Crippen LogP contribution is -2.06. The van der Waals surface area contributed by atoms with Crippen LogP contribution in [0.4, 0.5) is 0 Å². The van der Waals surface area contributed by atoms with E-state index in [0.29, 0.717) is 27.3 Å². The highest BCUT2D eigenvalue weighted by atomic mass is 79.9. The summed E-state index contributed by atoms with van der Waals surface area (Å²) in [5, 5.41) is 5.04. The highest BCUT2D eigenvalue weighted by Crippen LogP contribution is 2.31. The van der Waals surface area contributed by atoms with Crippen molar-refractivity contribution in [3.05, 3.63) is 21.4 Å². The van der Waals surface area contributed by atoms with Crippen LogP contribution < -0.4 is 0 Å². The number of hydrogen-bond donors (Lipinski definition) is 0. The van der Waals surface area contributed by atoms with Crippen LogP contribution in [0.15, 0.2) is 10.8 Å². The molecule has 2 aromatic heterocycles. The first-order valence-corrected chi connectivity index (χ1v) is 6.07. The van der Waals surface area contributed by atoms with Gasteiger partial charge in [0.1, 0.15) is 4.60 Å². The lowest BCUT2D eigenvalue weighted by molar-refractivity contribution is 0.0526. The van der Waals surface area contributed by atoms with Crippen LogP contribution in [0.5, 0.6) is 0 Å². The Morgan fingerprint density at radius 3 is 3.00 bits per heavy atom. The van der Waals surface area contributed by atoms with E-state index in [1.54, 1.807) is 18.7 Å². The first-order valence-electron chi connectivity index (χ1n) is 4.90. The second-order valence-corrected chi connectivity index (χ2v) is 4.45. The lowest BCUT2D eigenvalue weighted by Gasteiger charge is -2.04. The van der Waals surface area contributed by atoms with Crippen molar-refractivity contribution in [2.45, 2.75) is 6.92 Å². The van der Waals surface area contributed by atoms with E-state index >= 15 is 0 Å². The van der Waals surface area contributed by atoms with Crippen LogP contribution in [-0.4, -0.2) is 27.3 Å². The van der Waals surface area contributed by atoms with E-state index in [-0.39, 0.29) is 5.56 Å². The number of halogens is 2. The van der Waals surface area contributed by atoms with Gasteiger partial charge < -0.3 is 4.74 Å². The molecule has 0 unspecified atom stereocenters. The summed E-state index contributed by atoms with van der Waals surface area (Å²) in [5.41, 5.74) is 0.852. The van der Waals surface area contributed by atoms with Gasteiger partial charge in [-0.25, -0.2) is 14.5 Å². The third-order valence-electron chi connectivity index (χ3n) is 2.24. The molecule has 0 aliphatic rings. The van der Waals surface area contributed by atoms with Crippen LogP contribution in [0.2, 0.25) is 5.02 Å². The zero-order valence-electron chi connectivity index (χ0n) is 9.20. The molecule has 0 aromatic carbocycles. The summed E-state index contributed by atoms with van der Waals surface area (Å²) in [4.78, 5) is 15.8. The van der Waals surface area contributed by atoms with Crippen LogP contribution in [0, 0.1) is 0 Å². The number of ether oxygens (including phenoxy) is 1. The quantitative estimate of drug-likeness (QED) is 0.799. The average molecular weight is 319 g/mol. The molecule has 2 aromatic rings. The number of nitrogens with zero attached hydrogens (tertiary/aromatic N) is 3. The van der Waals surface area contributed by atoms with Crippen LogP contribution in [-0.2, 0) is 11.8 Å². The van der Waals surface area contributed by atoms with Gasteiger partial charge in [0.15, 0.2) is 5.65 Å². The number of hydrogen-bond acceptors (Lipinski definition) is 4. The summed E-state index contributed by atoms with van der Waals surface area (Å²) in [6.07, 6.45) is 1.40. The van der Waals surface area contributed by atoms with Crippen molar-refractivity contribution >= 4 is 44.5 Å². The minimum atomic E-state index is -0.484. The molecule has 0 bridgehead atoms. The van der Waals surface area contributed by atoms with Gasteiger partial charge in [-0.05, 0) is 22.9 Å². The van der Waals surface area contributed by atoms with Crippen molar-refractivity contribution in [3.63, 3.8) is 0 Å². The fourth-order valence-corrected chi connectivity index (χ4v) is 2.52. The molecule has 90 valence electrons. The lowest BCUT2D eigenvalue weighted by atomic mass is 10.2. The summed E-state index contributed by atoms with van der Waals surface area (Å²) >= 11 is 9.45. The number of pyridine rings is 1. The average Bonchev–Trinajstić information content (AvgIpc) is 2.56. The molecular weight excluding hydrogens is 309 g/mol. The van der Waals surface area contributed by atoms with Crippen LogP contribution >= 0.6 is 27.5 Å². The molecule has 17 heavy (non-hydrogen) atoms. The number of aryl methyl sites for hydroxylation is 1. The Hall–Kier alpha value is -1.14. The molecule has 0 amide bonds. The van der Waals surface area contributed by atoms with Crippen molar-refractivity contribution in [1.29, 1.82) is 0 Å². The van der Waals surface area contributed by atoms with E-state index in [1.165, 1.54) is 6.20 Å². The third kappa shape index (κ3) is 2.02. The van der Waals surface area contributed by atoms with Gasteiger partial charge in [0.25, 0.3) is 0 Å². The van der Waals surface area contributed by atoms with Gasteiger partial charge in [0.05, 0.1) is 22.6 Å². The van der Waals surface area contributed by atoms with Crippen LogP contribution in [0.1, 0.15) is 17.3 Å². The van der Waals surface area contributed by atoms with Crippen molar-refractivity contribution in [3.8, 4) is 0 Å². The van der Waals surface area contributed by atoms with Gasteiger partial charge in [-0.2, -0.15) is 5.10 Å². The van der Waals surface area contributed by atoms with Gasteiger partial charge >= 0.3 is 5.97 Å². The Kier molecular flexibility index (Phi) is 3.35. The van der Waals surface area contributed by atoms with Crippen LogP contribution in [0.3, 0.4) is 0 Å². The highest BCUT2D eigenvalue weighted by molar-refractivity contribution is 9.10. The number of carbonyl (C=O) groups is 1. The molecule has 0 aliphatic carbocycles. The number of aromatic nitrogens is 3. The molecule has 0 saturated heterocycles. The van der Waals surface area contributed by atoms with Gasteiger partial charge in [0.2, 0.25) is 0 Å². The highest BCUT2D eigenvalue weighted by Gasteiger charge is 2.19. The monoisotopic (exact) mass is 317 g/mol. The molecule has 0 radical (unpaired) electrons. The Bertz CT molecular complexity index is 597. The minimum Gasteiger partial charge on any atom is -0.462 e. The molecule has 0 fully saturated rings. The predicted octanol–water partition coefficient (Wildman–Crippen LogP) is 2.56. The number of carbonyl (C=O) groups excluding carboxylic acids is 1. The fraction of sp³-hybridized carbons (Fsp3) is 0.300. The fourth-order valence-electron chi connectivity index (χ4n) is 1.49. The Morgan fingerprint density at radius 1 is 1.65 bits per heavy atom. The largest absolute Gasteiger partial charge is 0.462 e. The van der Waals surface area contributed by atoms with E-state index in [0.717, 1.165) is 0 Å². The van der Waals surface area contributed by atoms with Crippen molar-refractivity contribution in [2.75, 3.05) is 6.61 Å². The van der Waals surface area contributed by atoms with Crippen molar-refractivity contribution in [2.24, 2.45) is 7.05 Å². The minimum absolute atomic E-state index is 0.245. The Morgan fingerprint density at radius 2 is 2.35 bits per heavy atom. The normalized spacial score (nSPS) is 10.8. The zero-order valence-corrected chi connectivity index (χ0v) is 11.5. The van der Waals surface area contributed by atoms with Gasteiger partial charge in [-0.1, -0.05) is 11.6 Å². The van der Waals surface area contributed by atoms with E-state index in [2.05, 4.69) is 26.0 Å². The molecule has 0 spiro atoms. The van der Waals surface area contributed by atoms with E-state index in [1.807, 2.05) is 0 Å². The third-order valence-corrected chi connectivity index (χ3v) is 3.19.